The molecule has 0 atom stereocenters. The third kappa shape index (κ3) is 2.33. The van der Waals surface area contributed by atoms with E-state index in [1.54, 1.807) is 6.33 Å². The Morgan fingerprint density at radius 2 is 2.10 bits per heavy atom. The number of nitrogens with zero attached hydrogens (tertiary/aromatic N) is 4. The van der Waals surface area contributed by atoms with Crippen LogP contribution in [0.25, 0.3) is 11.2 Å². The zero-order valence-corrected chi connectivity index (χ0v) is 12.0. The fourth-order valence-corrected chi connectivity index (χ4v) is 2.33. The predicted octanol–water partition coefficient (Wildman–Crippen LogP) is 1.27. The fraction of sp³-hybridized carbons (Fsp3) is 0.500. The van der Waals surface area contributed by atoms with Crippen LogP contribution in [0.4, 0.5) is 0 Å². The van der Waals surface area contributed by atoms with Crippen LogP contribution in [0, 0.1) is 0 Å². The van der Waals surface area contributed by atoms with E-state index < -0.39 is 0 Å². The number of allylic oxidation sites excluding steroid dienone is 1. The fourth-order valence-electron chi connectivity index (χ4n) is 2.33. The van der Waals surface area contributed by atoms with Crippen molar-refractivity contribution in [1.82, 2.24) is 18.7 Å². The molecule has 0 bridgehead atoms. The van der Waals surface area contributed by atoms with Gasteiger partial charge in [0.05, 0.1) is 6.33 Å². The maximum absolute atomic E-state index is 12.3. The molecule has 0 saturated heterocycles. The molecule has 2 aromatic rings. The van der Waals surface area contributed by atoms with E-state index in [0.29, 0.717) is 17.7 Å². The van der Waals surface area contributed by atoms with Gasteiger partial charge < -0.3 is 4.57 Å². The van der Waals surface area contributed by atoms with Crippen LogP contribution in [0.1, 0.15) is 26.2 Å². The molecule has 6 heteroatoms. The van der Waals surface area contributed by atoms with E-state index in [1.165, 1.54) is 11.6 Å². The van der Waals surface area contributed by atoms with Gasteiger partial charge in [-0.1, -0.05) is 6.08 Å². The minimum absolute atomic E-state index is 0.282. The zero-order valence-electron chi connectivity index (χ0n) is 12.0. The van der Waals surface area contributed by atoms with Crippen molar-refractivity contribution in [2.45, 2.75) is 39.3 Å². The summed E-state index contributed by atoms with van der Waals surface area (Å²) in [4.78, 5) is 28.5. The number of aromatic nitrogens is 4. The highest BCUT2D eigenvalue weighted by Crippen LogP contribution is 2.08. The number of unbranched alkanes of at least 4 members (excludes halogenated alkanes) is 2. The maximum atomic E-state index is 12.3. The normalized spacial score (nSPS) is 11.1. The molecule has 0 aliphatic carbocycles. The van der Waals surface area contributed by atoms with Gasteiger partial charge in [-0.15, -0.1) is 6.58 Å². The molecule has 0 amide bonds. The molecule has 0 N–H and O–H groups in total. The standard InChI is InChI=1S/C14H20N4O2/c1-4-6-7-8-9-17-10-15-12-11(17)13(19)16(3)14(20)18(12)5-2/h4,10H,1,5-9H2,2-3H3. The van der Waals surface area contributed by atoms with Crippen LogP contribution in [-0.4, -0.2) is 18.7 Å². The highest BCUT2D eigenvalue weighted by molar-refractivity contribution is 5.70. The van der Waals surface area contributed by atoms with Gasteiger partial charge in [0.2, 0.25) is 0 Å². The van der Waals surface area contributed by atoms with Crippen LogP contribution in [0.15, 0.2) is 28.6 Å². The summed E-state index contributed by atoms with van der Waals surface area (Å²) >= 11 is 0. The Bertz CT molecular complexity index is 736. The minimum Gasteiger partial charge on any atom is -0.325 e. The zero-order chi connectivity index (χ0) is 14.7. The summed E-state index contributed by atoms with van der Waals surface area (Å²) in [5, 5.41) is 0. The molecule has 2 rings (SSSR count). The number of hydrogen-bond donors (Lipinski definition) is 0. The second-order valence-corrected chi connectivity index (χ2v) is 4.79. The molecule has 0 aliphatic rings. The van der Waals surface area contributed by atoms with Crippen molar-refractivity contribution in [1.29, 1.82) is 0 Å². The van der Waals surface area contributed by atoms with Gasteiger partial charge in [-0.25, -0.2) is 9.78 Å². The summed E-state index contributed by atoms with van der Waals surface area (Å²) in [6.45, 7) is 6.78. The number of aryl methyl sites for hydroxylation is 2. The topological polar surface area (TPSA) is 61.8 Å². The lowest BCUT2D eigenvalue weighted by molar-refractivity contribution is 0.616. The van der Waals surface area contributed by atoms with Crippen molar-refractivity contribution in [3.8, 4) is 0 Å². The Morgan fingerprint density at radius 3 is 2.75 bits per heavy atom. The lowest BCUT2D eigenvalue weighted by atomic mass is 10.2. The summed E-state index contributed by atoms with van der Waals surface area (Å²) in [5.41, 5.74) is 0.384. The van der Waals surface area contributed by atoms with Gasteiger partial charge in [-0.3, -0.25) is 13.9 Å². The number of hydrogen-bond acceptors (Lipinski definition) is 3. The average Bonchev–Trinajstić information content (AvgIpc) is 2.86. The van der Waals surface area contributed by atoms with Gasteiger partial charge >= 0.3 is 5.69 Å². The monoisotopic (exact) mass is 276 g/mol. The van der Waals surface area contributed by atoms with Gasteiger partial charge in [-0.05, 0) is 26.2 Å². The van der Waals surface area contributed by atoms with E-state index in [9.17, 15) is 9.59 Å². The van der Waals surface area contributed by atoms with Crippen molar-refractivity contribution in [3.63, 3.8) is 0 Å². The summed E-state index contributed by atoms with van der Waals surface area (Å²) in [6, 6.07) is 0. The van der Waals surface area contributed by atoms with Crippen molar-refractivity contribution in [2.24, 2.45) is 7.05 Å². The Balaban J connectivity index is 2.49. The first-order valence-electron chi connectivity index (χ1n) is 6.87. The Hall–Kier alpha value is -2.11. The van der Waals surface area contributed by atoms with Crippen molar-refractivity contribution in [2.75, 3.05) is 0 Å². The van der Waals surface area contributed by atoms with Crippen LogP contribution in [0.5, 0.6) is 0 Å². The Kier molecular flexibility index (Phi) is 4.22. The number of imidazole rings is 1. The highest BCUT2D eigenvalue weighted by atomic mass is 16.2. The maximum Gasteiger partial charge on any atom is 0.332 e. The smallest absolute Gasteiger partial charge is 0.325 e. The van der Waals surface area contributed by atoms with Gasteiger partial charge in [0.25, 0.3) is 5.56 Å². The number of rotatable bonds is 6. The third-order valence-corrected chi connectivity index (χ3v) is 3.47. The molecule has 2 aromatic heterocycles. The minimum atomic E-state index is -0.318. The van der Waals surface area contributed by atoms with E-state index in [4.69, 9.17) is 0 Å². The van der Waals surface area contributed by atoms with Gasteiger partial charge in [0, 0.05) is 20.1 Å². The molecule has 0 radical (unpaired) electrons. The van der Waals surface area contributed by atoms with Gasteiger partial charge in [0.15, 0.2) is 11.2 Å². The molecule has 108 valence electrons. The molecule has 0 unspecified atom stereocenters. The lowest BCUT2D eigenvalue weighted by Crippen LogP contribution is -2.38. The molecule has 0 fully saturated rings. The first-order valence-corrected chi connectivity index (χ1v) is 6.87. The molecule has 20 heavy (non-hydrogen) atoms. The molecule has 0 spiro atoms. The molecule has 0 aliphatic heterocycles. The molecule has 0 saturated carbocycles. The van der Waals surface area contributed by atoms with E-state index in [1.807, 2.05) is 17.6 Å². The molecular formula is C14H20N4O2. The highest BCUT2D eigenvalue weighted by Gasteiger charge is 2.14. The van der Waals surface area contributed by atoms with Crippen molar-refractivity contribution in [3.05, 3.63) is 39.8 Å². The third-order valence-electron chi connectivity index (χ3n) is 3.47. The Morgan fingerprint density at radius 1 is 1.35 bits per heavy atom. The van der Waals surface area contributed by atoms with Crippen LogP contribution in [-0.2, 0) is 20.1 Å². The van der Waals surface area contributed by atoms with E-state index in [-0.39, 0.29) is 11.2 Å². The summed E-state index contributed by atoms with van der Waals surface area (Å²) in [5.74, 6) is 0. The lowest BCUT2D eigenvalue weighted by Gasteiger charge is -2.08. The molecule has 0 aromatic carbocycles. The van der Waals surface area contributed by atoms with Crippen molar-refractivity contribution < 1.29 is 0 Å². The summed E-state index contributed by atoms with van der Waals surface area (Å²) < 4.78 is 4.51. The van der Waals surface area contributed by atoms with Gasteiger partial charge in [-0.2, -0.15) is 0 Å². The van der Waals surface area contributed by atoms with Crippen LogP contribution < -0.4 is 11.2 Å². The van der Waals surface area contributed by atoms with Crippen LogP contribution in [0.3, 0.4) is 0 Å². The average molecular weight is 276 g/mol. The number of fused-ring (bicyclic) bond motifs is 1. The van der Waals surface area contributed by atoms with Crippen LogP contribution in [0.2, 0.25) is 0 Å². The molecule has 2 heterocycles. The predicted molar refractivity (Wildman–Crippen MR) is 79.0 cm³/mol. The second-order valence-electron chi connectivity index (χ2n) is 4.79. The first kappa shape index (κ1) is 14.3. The second kappa shape index (κ2) is 5.90. The van der Waals surface area contributed by atoms with E-state index in [0.717, 1.165) is 30.4 Å². The molecule has 6 nitrogen and oxygen atoms in total. The van der Waals surface area contributed by atoms with Crippen LogP contribution >= 0.6 is 0 Å². The SMILES string of the molecule is C=CCCCCn1cnc2c1c(=O)n(C)c(=O)n2CC. The Labute approximate surface area is 117 Å². The van der Waals surface area contributed by atoms with Crippen molar-refractivity contribution >= 4 is 11.2 Å². The molecular weight excluding hydrogens is 256 g/mol. The van der Waals surface area contributed by atoms with E-state index in [2.05, 4.69) is 11.6 Å². The first-order chi connectivity index (χ1) is 9.61. The largest absolute Gasteiger partial charge is 0.332 e. The quantitative estimate of drug-likeness (QED) is 0.589. The van der Waals surface area contributed by atoms with Gasteiger partial charge in [0.1, 0.15) is 0 Å². The van der Waals surface area contributed by atoms with E-state index >= 15 is 0 Å². The summed E-state index contributed by atoms with van der Waals surface area (Å²) in [6.07, 6.45) is 6.47. The summed E-state index contributed by atoms with van der Waals surface area (Å²) in [7, 11) is 1.51.